The van der Waals surface area contributed by atoms with Gasteiger partial charge in [-0.25, -0.2) is 13.2 Å². The Morgan fingerprint density at radius 3 is 2.43 bits per heavy atom. The highest BCUT2D eigenvalue weighted by molar-refractivity contribution is 7.91. The van der Waals surface area contributed by atoms with Gasteiger partial charge in [-0.2, -0.15) is 0 Å². The summed E-state index contributed by atoms with van der Waals surface area (Å²) in [4.78, 5) is 12.0. The predicted octanol–water partition coefficient (Wildman–Crippen LogP) is 1.41. The molecule has 2 rings (SSSR count). The number of benzene rings is 1. The molecule has 1 saturated heterocycles. The number of carbonyl (C=O) groups is 1. The molecule has 1 fully saturated rings. The van der Waals surface area contributed by atoms with Crippen LogP contribution in [-0.4, -0.2) is 31.5 Å². The van der Waals surface area contributed by atoms with Crippen LogP contribution in [-0.2, 0) is 9.84 Å². The summed E-state index contributed by atoms with van der Waals surface area (Å²) in [6.07, 6.45) is 0.437. The second-order valence-electron chi connectivity index (χ2n) is 5.89. The summed E-state index contributed by atoms with van der Waals surface area (Å²) >= 11 is 0. The Labute approximate surface area is 125 Å². The van der Waals surface area contributed by atoms with E-state index in [1.54, 1.807) is 19.1 Å². The van der Waals surface area contributed by atoms with Gasteiger partial charge < -0.3 is 16.4 Å². The van der Waals surface area contributed by atoms with E-state index in [1.165, 1.54) is 0 Å². The fourth-order valence-corrected chi connectivity index (χ4v) is 4.51. The summed E-state index contributed by atoms with van der Waals surface area (Å²) in [5, 5.41) is 5.44. The molecule has 116 valence electrons. The van der Waals surface area contributed by atoms with Gasteiger partial charge in [0.2, 0.25) is 0 Å². The number of urea groups is 1. The van der Waals surface area contributed by atoms with Gasteiger partial charge in [0.25, 0.3) is 0 Å². The van der Waals surface area contributed by atoms with E-state index in [2.05, 4.69) is 10.6 Å². The summed E-state index contributed by atoms with van der Waals surface area (Å²) in [6.45, 7) is 3.63. The minimum atomic E-state index is -3.04. The molecule has 0 aliphatic carbocycles. The van der Waals surface area contributed by atoms with E-state index in [0.29, 0.717) is 12.1 Å². The molecule has 2 atom stereocenters. The van der Waals surface area contributed by atoms with E-state index in [9.17, 15) is 13.2 Å². The van der Waals surface area contributed by atoms with E-state index in [4.69, 9.17) is 5.73 Å². The summed E-state index contributed by atoms with van der Waals surface area (Å²) in [5.41, 5.74) is 6.68. The Morgan fingerprint density at radius 2 is 1.95 bits per heavy atom. The zero-order valence-corrected chi connectivity index (χ0v) is 13.0. The molecule has 0 radical (unpaired) electrons. The Morgan fingerprint density at radius 1 is 1.33 bits per heavy atom. The van der Waals surface area contributed by atoms with Gasteiger partial charge in [0, 0.05) is 11.7 Å². The Kier molecular flexibility index (Phi) is 4.25. The van der Waals surface area contributed by atoms with Crippen molar-refractivity contribution in [2.75, 3.05) is 16.8 Å². The molecular weight excluding hydrogens is 290 g/mol. The lowest BCUT2D eigenvalue weighted by atomic mass is 10.0. The first-order valence-electron chi connectivity index (χ1n) is 6.84. The number of hydrogen-bond donors (Lipinski definition) is 3. The third kappa shape index (κ3) is 4.18. The molecule has 0 bridgehead atoms. The molecule has 21 heavy (non-hydrogen) atoms. The van der Waals surface area contributed by atoms with Gasteiger partial charge in [-0.3, -0.25) is 0 Å². The van der Waals surface area contributed by atoms with Gasteiger partial charge in [-0.1, -0.05) is 12.1 Å². The van der Waals surface area contributed by atoms with Crippen molar-refractivity contribution < 1.29 is 13.2 Å². The molecule has 1 aliphatic heterocycles. The highest BCUT2D eigenvalue weighted by atomic mass is 32.2. The number of sulfone groups is 1. The Bertz CT molecular complexity index is 625. The summed E-state index contributed by atoms with van der Waals surface area (Å²) in [5.74, 6) is 0.101. The zero-order valence-electron chi connectivity index (χ0n) is 12.2. The van der Waals surface area contributed by atoms with Gasteiger partial charge in [0.15, 0.2) is 9.84 Å². The maximum absolute atomic E-state index is 12.0. The van der Waals surface area contributed by atoms with Gasteiger partial charge in [-0.05, 0) is 38.0 Å². The molecule has 7 heteroatoms. The zero-order chi connectivity index (χ0) is 15.7. The van der Waals surface area contributed by atoms with Crippen molar-refractivity contribution in [2.45, 2.75) is 31.8 Å². The normalized spacial score (nSPS) is 25.3. The van der Waals surface area contributed by atoms with E-state index >= 15 is 0 Å². The fraction of sp³-hybridized carbons (Fsp3) is 0.500. The van der Waals surface area contributed by atoms with Gasteiger partial charge >= 0.3 is 6.03 Å². The smallest absolute Gasteiger partial charge is 0.319 e. The first-order chi connectivity index (χ1) is 9.69. The lowest BCUT2D eigenvalue weighted by Gasteiger charge is -2.24. The first-order valence-corrected chi connectivity index (χ1v) is 8.66. The molecule has 2 unspecified atom stereocenters. The molecule has 0 aromatic heterocycles. The number of amides is 2. The number of carbonyl (C=O) groups excluding carboxylic acids is 1. The third-order valence-corrected chi connectivity index (χ3v) is 5.52. The standard InChI is InChI=1S/C14H21N3O3S/c1-10(15)11-3-5-12(6-4-11)16-13(18)17-14(2)7-8-21(19,20)9-14/h3-6,10H,7-9,15H2,1-2H3,(H2,16,17,18). The molecule has 1 aromatic rings. The van der Waals surface area contributed by atoms with Crippen LogP contribution in [0.3, 0.4) is 0 Å². The first kappa shape index (κ1) is 15.8. The van der Waals surface area contributed by atoms with Crippen molar-refractivity contribution in [3.8, 4) is 0 Å². The van der Waals surface area contributed by atoms with Crippen LogP contribution in [0.4, 0.5) is 10.5 Å². The van der Waals surface area contributed by atoms with E-state index in [1.807, 2.05) is 19.1 Å². The average Bonchev–Trinajstić information content (AvgIpc) is 2.63. The molecule has 4 N–H and O–H groups in total. The molecule has 0 saturated carbocycles. The molecule has 0 spiro atoms. The second kappa shape index (κ2) is 5.65. The summed E-state index contributed by atoms with van der Waals surface area (Å²) in [7, 11) is -3.04. The molecule has 1 aliphatic rings. The van der Waals surface area contributed by atoms with Crippen LogP contribution >= 0.6 is 0 Å². The van der Waals surface area contributed by atoms with Crippen molar-refractivity contribution in [1.29, 1.82) is 0 Å². The fourth-order valence-electron chi connectivity index (χ4n) is 2.42. The number of hydrogen-bond acceptors (Lipinski definition) is 4. The lowest BCUT2D eigenvalue weighted by molar-refractivity contribution is 0.242. The van der Waals surface area contributed by atoms with Crippen LogP contribution < -0.4 is 16.4 Å². The maximum Gasteiger partial charge on any atom is 0.319 e. The summed E-state index contributed by atoms with van der Waals surface area (Å²) < 4.78 is 23.0. The van der Waals surface area contributed by atoms with Gasteiger partial charge in [-0.15, -0.1) is 0 Å². The monoisotopic (exact) mass is 311 g/mol. The largest absolute Gasteiger partial charge is 0.332 e. The third-order valence-electron chi connectivity index (χ3n) is 3.61. The number of rotatable bonds is 3. The highest BCUT2D eigenvalue weighted by Gasteiger charge is 2.39. The topological polar surface area (TPSA) is 101 Å². The lowest BCUT2D eigenvalue weighted by Crippen LogP contribution is -2.48. The van der Waals surface area contributed by atoms with Crippen molar-refractivity contribution in [1.82, 2.24) is 5.32 Å². The molecule has 6 nitrogen and oxygen atoms in total. The Balaban J connectivity index is 1.96. The summed E-state index contributed by atoms with van der Waals surface area (Å²) in [6, 6.07) is 6.78. The van der Waals surface area contributed by atoms with Crippen molar-refractivity contribution in [3.05, 3.63) is 29.8 Å². The number of anilines is 1. The predicted molar refractivity (Wildman–Crippen MR) is 82.9 cm³/mol. The SMILES string of the molecule is CC(N)c1ccc(NC(=O)NC2(C)CCS(=O)(=O)C2)cc1. The van der Waals surface area contributed by atoms with Crippen LogP contribution in [0.1, 0.15) is 31.9 Å². The van der Waals surface area contributed by atoms with Gasteiger partial charge in [0.05, 0.1) is 17.0 Å². The van der Waals surface area contributed by atoms with Crippen LogP contribution in [0, 0.1) is 0 Å². The van der Waals surface area contributed by atoms with Crippen LogP contribution in [0.25, 0.3) is 0 Å². The van der Waals surface area contributed by atoms with Crippen LogP contribution in [0.2, 0.25) is 0 Å². The molecule has 2 amide bonds. The Hall–Kier alpha value is -1.60. The molecule has 1 heterocycles. The van der Waals surface area contributed by atoms with E-state index in [-0.39, 0.29) is 17.5 Å². The second-order valence-corrected chi connectivity index (χ2v) is 8.08. The quantitative estimate of drug-likeness (QED) is 0.785. The minimum Gasteiger partial charge on any atom is -0.332 e. The van der Waals surface area contributed by atoms with Crippen molar-refractivity contribution >= 4 is 21.6 Å². The molecular formula is C14H21N3O3S. The van der Waals surface area contributed by atoms with Crippen molar-refractivity contribution in [2.24, 2.45) is 5.73 Å². The maximum atomic E-state index is 12.0. The van der Waals surface area contributed by atoms with Crippen LogP contribution in [0.5, 0.6) is 0 Å². The van der Waals surface area contributed by atoms with Crippen LogP contribution in [0.15, 0.2) is 24.3 Å². The van der Waals surface area contributed by atoms with Gasteiger partial charge in [0.1, 0.15) is 0 Å². The van der Waals surface area contributed by atoms with Crippen molar-refractivity contribution in [3.63, 3.8) is 0 Å². The number of nitrogens with one attached hydrogen (secondary N) is 2. The number of nitrogens with two attached hydrogens (primary N) is 1. The van der Waals surface area contributed by atoms with E-state index < -0.39 is 21.4 Å². The molecule has 1 aromatic carbocycles. The average molecular weight is 311 g/mol. The highest BCUT2D eigenvalue weighted by Crippen LogP contribution is 2.23. The minimum absolute atomic E-state index is 0.0168. The van der Waals surface area contributed by atoms with E-state index in [0.717, 1.165) is 5.56 Å².